The van der Waals surface area contributed by atoms with E-state index in [1.807, 2.05) is 12.1 Å². The number of carbonyl (C=O) groups is 1. The molecule has 3 rings (SSSR count). The maximum Gasteiger partial charge on any atom is 0.311 e. The first-order chi connectivity index (χ1) is 14.0. The van der Waals surface area contributed by atoms with Crippen molar-refractivity contribution >= 4 is 5.97 Å². The molecule has 3 aromatic rings. The largest absolute Gasteiger partial charge is 0.497 e. The fourth-order valence-electron chi connectivity index (χ4n) is 2.70. The Kier molecular flexibility index (Phi) is 6.33. The third-order valence-corrected chi connectivity index (χ3v) is 4.23. The molecule has 0 fully saturated rings. The van der Waals surface area contributed by atoms with Crippen molar-refractivity contribution in [2.24, 2.45) is 0 Å². The molecule has 1 heterocycles. The third-order valence-electron chi connectivity index (χ3n) is 4.23. The first kappa shape index (κ1) is 20.2. The van der Waals surface area contributed by atoms with Gasteiger partial charge in [-0.2, -0.15) is 0 Å². The quantitative estimate of drug-likeness (QED) is 0.531. The maximum absolute atomic E-state index is 12.3. The van der Waals surface area contributed by atoms with Crippen molar-refractivity contribution in [2.45, 2.75) is 19.4 Å². The highest BCUT2D eigenvalue weighted by Gasteiger charge is 2.19. The van der Waals surface area contributed by atoms with Crippen LogP contribution in [0.25, 0.3) is 11.5 Å². The topological polar surface area (TPSA) is 92.9 Å². The first-order valence-corrected chi connectivity index (χ1v) is 8.92. The molecule has 0 unspecified atom stereocenters. The van der Waals surface area contributed by atoms with Crippen molar-refractivity contribution < 1.29 is 28.2 Å². The van der Waals surface area contributed by atoms with Crippen LogP contribution < -0.4 is 14.2 Å². The van der Waals surface area contributed by atoms with Gasteiger partial charge < -0.3 is 23.4 Å². The highest BCUT2D eigenvalue weighted by molar-refractivity contribution is 5.73. The molecule has 152 valence electrons. The average molecular weight is 398 g/mol. The standard InChI is InChI=1S/C21H22N2O6/c1-13(20-22-23-21(29-20)15-6-8-16(25-2)9-7-15)28-19(24)12-14-5-10-17(26-3)18(11-14)27-4/h5-11,13H,12H2,1-4H3/t13-/m0/s1. The van der Waals surface area contributed by atoms with Crippen molar-refractivity contribution in [1.29, 1.82) is 0 Å². The molecule has 0 aliphatic heterocycles. The summed E-state index contributed by atoms with van der Waals surface area (Å²) in [6.45, 7) is 1.68. The third kappa shape index (κ3) is 4.84. The van der Waals surface area contributed by atoms with Gasteiger partial charge in [0.05, 0.1) is 27.8 Å². The minimum absolute atomic E-state index is 0.0736. The van der Waals surface area contributed by atoms with E-state index < -0.39 is 12.1 Å². The Balaban J connectivity index is 1.63. The SMILES string of the molecule is COc1ccc(-c2nnc([C@H](C)OC(=O)Cc3ccc(OC)c(OC)c3)o2)cc1. The molecule has 0 saturated heterocycles. The van der Waals surface area contributed by atoms with Crippen LogP contribution in [0.4, 0.5) is 0 Å². The summed E-state index contributed by atoms with van der Waals surface area (Å²) in [6, 6.07) is 12.5. The molecule has 0 aliphatic rings. The van der Waals surface area contributed by atoms with E-state index in [4.69, 9.17) is 23.4 Å². The normalized spacial score (nSPS) is 11.6. The van der Waals surface area contributed by atoms with Gasteiger partial charge in [0.1, 0.15) is 5.75 Å². The Labute approximate surface area is 168 Å². The van der Waals surface area contributed by atoms with Crippen molar-refractivity contribution in [3.63, 3.8) is 0 Å². The Hall–Kier alpha value is -3.55. The van der Waals surface area contributed by atoms with E-state index in [2.05, 4.69) is 10.2 Å². The molecule has 0 radical (unpaired) electrons. The minimum Gasteiger partial charge on any atom is -0.497 e. The number of nitrogens with zero attached hydrogens (tertiary/aromatic N) is 2. The van der Waals surface area contributed by atoms with Crippen LogP contribution in [-0.2, 0) is 16.0 Å². The number of hydrogen-bond acceptors (Lipinski definition) is 8. The minimum atomic E-state index is -0.679. The van der Waals surface area contributed by atoms with Crippen LogP contribution >= 0.6 is 0 Å². The van der Waals surface area contributed by atoms with Gasteiger partial charge in [0, 0.05) is 5.56 Å². The van der Waals surface area contributed by atoms with Crippen LogP contribution in [0.15, 0.2) is 46.9 Å². The number of aromatic nitrogens is 2. The number of hydrogen-bond donors (Lipinski definition) is 0. The molecule has 0 bridgehead atoms. The summed E-state index contributed by atoms with van der Waals surface area (Å²) in [5, 5.41) is 8.00. The predicted molar refractivity (Wildman–Crippen MR) is 104 cm³/mol. The highest BCUT2D eigenvalue weighted by atomic mass is 16.6. The lowest BCUT2D eigenvalue weighted by atomic mass is 10.1. The van der Waals surface area contributed by atoms with Crippen molar-refractivity contribution in [3.05, 3.63) is 53.9 Å². The van der Waals surface area contributed by atoms with Crippen molar-refractivity contribution in [1.82, 2.24) is 10.2 Å². The highest BCUT2D eigenvalue weighted by Crippen LogP contribution is 2.28. The summed E-state index contributed by atoms with van der Waals surface area (Å²) in [5.41, 5.74) is 1.48. The van der Waals surface area contributed by atoms with Gasteiger partial charge in [0.2, 0.25) is 5.89 Å². The van der Waals surface area contributed by atoms with E-state index in [0.717, 1.165) is 16.9 Å². The van der Waals surface area contributed by atoms with Crippen molar-refractivity contribution in [2.75, 3.05) is 21.3 Å². The van der Waals surface area contributed by atoms with Crippen LogP contribution in [-0.4, -0.2) is 37.5 Å². The van der Waals surface area contributed by atoms with Gasteiger partial charge in [0.15, 0.2) is 17.6 Å². The first-order valence-electron chi connectivity index (χ1n) is 8.92. The van der Waals surface area contributed by atoms with Crippen LogP contribution in [0.1, 0.15) is 24.5 Å². The fraction of sp³-hybridized carbons (Fsp3) is 0.286. The van der Waals surface area contributed by atoms with E-state index in [-0.39, 0.29) is 12.3 Å². The van der Waals surface area contributed by atoms with Crippen LogP contribution in [0, 0.1) is 0 Å². The summed E-state index contributed by atoms with van der Waals surface area (Å²) < 4.78 is 26.6. The smallest absolute Gasteiger partial charge is 0.311 e. The monoisotopic (exact) mass is 398 g/mol. The van der Waals surface area contributed by atoms with Crippen LogP contribution in [0.5, 0.6) is 17.2 Å². The van der Waals surface area contributed by atoms with E-state index in [0.29, 0.717) is 17.4 Å². The number of carbonyl (C=O) groups excluding carboxylic acids is 1. The molecule has 0 spiro atoms. The molecule has 1 aromatic heterocycles. The molecule has 8 heteroatoms. The maximum atomic E-state index is 12.3. The zero-order chi connectivity index (χ0) is 20.8. The van der Waals surface area contributed by atoms with Gasteiger partial charge in [-0.1, -0.05) is 6.07 Å². The lowest BCUT2D eigenvalue weighted by Crippen LogP contribution is -2.12. The Morgan fingerprint density at radius 3 is 2.34 bits per heavy atom. The number of benzene rings is 2. The van der Waals surface area contributed by atoms with Gasteiger partial charge in [-0.25, -0.2) is 0 Å². The lowest BCUT2D eigenvalue weighted by molar-refractivity contribution is -0.148. The van der Waals surface area contributed by atoms with Crippen LogP contribution in [0.3, 0.4) is 0 Å². The molecular weight excluding hydrogens is 376 g/mol. The molecule has 0 amide bonds. The average Bonchev–Trinajstić information content (AvgIpc) is 3.24. The molecule has 0 N–H and O–H groups in total. The predicted octanol–water partition coefficient (Wildman–Crippen LogP) is 3.61. The van der Waals surface area contributed by atoms with Gasteiger partial charge in [0.25, 0.3) is 5.89 Å². The molecule has 0 saturated carbocycles. The molecule has 2 aromatic carbocycles. The Morgan fingerprint density at radius 1 is 0.966 bits per heavy atom. The van der Waals surface area contributed by atoms with E-state index >= 15 is 0 Å². The second-order valence-electron chi connectivity index (χ2n) is 6.17. The zero-order valence-electron chi connectivity index (χ0n) is 16.7. The summed E-state index contributed by atoms with van der Waals surface area (Å²) in [6.07, 6.45) is -0.605. The lowest BCUT2D eigenvalue weighted by Gasteiger charge is -2.11. The van der Waals surface area contributed by atoms with E-state index in [1.165, 1.54) is 7.11 Å². The van der Waals surface area contributed by atoms with Crippen LogP contribution in [0.2, 0.25) is 0 Å². The summed E-state index contributed by atoms with van der Waals surface area (Å²) in [5.74, 6) is 2.00. The number of rotatable bonds is 8. The Bertz CT molecular complexity index is 968. The molecule has 1 atom stereocenters. The van der Waals surface area contributed by atoms with Crippen molar-refractivity contribution in [3.8, 4) is 28.7 Å². The number of esters is 1. The second kappa shape index (κ2) is 9.09. The number of ether oxygens (including phenoxy) is 4. The Morgan fingerprint density at radius 2 is 1.69 bits per heavy atom. The van der Waals surface area contributed by atoms with Gasteiger partial charge in [-0.15, -0.1) is 10.2 Å². The van der Waals surface area contributed by atoms with E-state index in [9.17, 15) is 4.79 Å². The molecule has 29 heavy (non-hydrogen) atoms. The van der Waals surface area contributed by atoms with E-state index in [1.54, 1.807) is 51.5 Å². The summed E-state index contributed by atoms with van der Waals surface area (Å²) in [4.78, 5) is 12.3. The van der Waals surface area contributed by atoms with Gasteiger partial charge >= 0.3 is 5.97 Å². The summed E-state index contributed by atoms with van der Waals surface area (Å²) >= 11 is 0. The molecule has 8 nitrogen and oxygen atoms in total. The number of methoxy groups -OCH3 is 3. The summed E-state index contributed by atoms with van der Waals surface area (Å²) in [7, 11) is 4.69. The molecular formula is C21H22N2O6. The second-order valence-corrected chi connectivity index (χ2v) is 6.17. The van der Waals surface area contributed by atoms with Gasteiger partial charge in [-0.3, -0.25) is 4.79 Å². The fourth-order valence-corrected chi connectivity index (χ4v) is 2.70. The zero-order valence-corrected chi connectivity index (χ0v) is 16.7. The van der Waals surface area contributed by atoms with Gasteiger partial charge in [-0.05, 0) is 48.9 Å². The molecule has 0 aliphatic carbocycles.